The first-order chi connectivity index (χ1) is 9.04. The maximum absolute atomic E-state index is 12.5. The number of carbonyl (C=O) groups is 3. The summed E-state index contributed by atoms with van der Waals surface area (Å²) in [5.41, 5.74) is 0.536. The summed E-state index contributed by atoms with van der Waals surface area (Å²) in [6, 6.07) is 6.44. The van der Waals surface area contributed by atoms with E-state index < -0.39 is 23.3 Å². The molecule has 5 nitrogen and oxygen atoms in total. The lowest BCUT2D eigenvalue weighted by Crippen LogP contribution is -2.66. The average Bonchev–Trinajstić information content (AvgIpc) is 2.29. The molecule has 0 radical (unpaired) electrons. The predicted octanol–water partition coefficient (Wildman–Crippen LogP) is 1.75. The Morgan fingerprint density at radius 1 is 1.11 bits per heavy atom. The van der Waals surface area contributed by atoms with Crippen molar-refractivity contribution in [2.24, 2.45) is 5.41 Å². The highest BCUT2D eigenvalue weighted by Gasteiger charge is 2.57. The van der Waals surface area contributed by atoms with Crippen LogP contribution < -0.4 is 10.2 Å². The minimum atomic E-state index is -1.02. The maximum atomic E-state index is 12.5. The van der Waals surface area contributed by atoms with Crippen molar-refractivity contribution in [3.63, 3.8) is 0 Å². The lowest BCUT2D eigenvalue weighted by atomic mass is 9.66. The first kappa shape index (κ1) is 11.9. The predicted molar refractivity (Wildman–Crippen MR) is 68.5 cm³/mol. The van der Waals surface area contributed by atoms with Crippen molar-refractivity contribution in [3.05, 3.63) is 29.8 Å². The van der Waals surface area contributed by atoms with E-state index in [-0.39, 0.29) is 0 Å². The molecule has 0 aromatic heterocycles. The molecule has 1 saturated carbocycles. The molecule has 1 saturated heterocycles. The molecule has 2 aliphatic rings. The Labute approximate surface area is 110 Å². The number of imide groups is 2. The van der Waals surface area contributed by atoms with Gasteiger partial charge in [0.05, 0.1) is 5.69 Å². The minimum absolute atomic E-state index is 0.392. The van der Waals surface area contributed by atoms with Gasteiger partial charge in [-0.2, -0.15) is 0 Å². The summed E-state index contributed by atoms with van der Waals surface area (Å²) in [4.78, 5) is 37.3. The third-order valence-corrected chi connectivity index (χ3v) is 3.97. The lowest BCUT2D eigenvalue weighted by Gasteiger charge is -2.44. The molecule has 1 aliphatic heterocycles. The molecule has 1 aromatic carbocycles. The van der Waals surface area contributed by atoms with Crippen LogP contribution in [0, 0.1) is 12.3 Å². The summed E-state index contributed by atoms with van der Waals surface area (Å²) in [6.45, 7) is 1.93. The van der Waals surface area contributed by atoms with Crippen LogP contribution >= 0.6 is 0 Å². The summed E-state index contributed by atoms with van der Waals surface area (Å²) < 4.78 is 0. The zero-order valence-electron chi connectivity index (χ0n) is 10.6. The number of barbiturate groups is 1. The van der Waals surface area contributed by atoms with Gasteiger partial charge >= 0.3 is 6.03 Å². The fourth-order valence-electron chi connectivity index (χ4n) is 2.58. The third-order valence-electron chi connectivity index (χ3n) is 3.97. The van der Waals surface area contributed by atoms with Crippen LogP contribution in [0.2, 0.25) is 0 Å². The van der Waals surface area contributed by atoms with E-state index in [1.165, 1.54) is 0 Å². The van der Waals surface area contributed by atoms with E-state index in [9.17, 15) is 14.4 Å². The summed E-state index contributed by atoms with van der Waals surface area (Å²) in [5.74, 6) is -0.839. The van der Waals surface area contributed by atoms with Gasteiger partial charge in [0.2, 0.25) is 5.91 Å². The van der Waals surface area contributed by atoms with E-state index in [1.54, 1.807) is 12.1 Å². The van der Waals surface area contributed by atoms with Gasteiger partial charge in [0.25, 0.3) is 5.91 Å². The summed E-state index contributed by atoms with van der Waals surface area (Å²) in [5, 5.41) is 2.29. The second kappa shape index (κ2) is 3.91. The van der Waals surface area contributed by atoms with Crippen molar-refractivity contribution in [2.75, 3.05) is 4.90 Å². The quantitative estimate of drug-likeness (QED) is 0.780. The van der Waals surface area contributed by atoms with Gasteiger partial charge in [-0.05, 0) is 31.9 Å². The second-order valence-corrected chi connectivity index (χ2v) is 5.17. The molecule has 19 heavy (non-hydrogen) atoms. The number of hydrogen-bond donors (Lipinski definition) is 1. The summed E-state index contributed by atoms with van der Waals surface area (Å²) >= 11 is 0. The number of benzene rings is 1. The van der Waals surface area contributed by atoms with Gasteiger partial charge in [0.1, 0.15) is 5.41 Å². The van der Waals surface area contributed by atoms with Gasteiger partial charge in [-0.15, -0.1) is 0 Å². The molecule has 1 heterocycles. The standard InChI is InChI=1S/C14H14N2O3/c1-9-3-5-10(6-4-9)16-12(18)14(7-2-8-14)11(17)15-13(16)19/h3-6H,2,7-8H2,1H3,(H,15,17,19). The number of urea groups is 1. The molecule has 0 unspecified atom stereocenters. The number of nitrogens with zero attached hydrogens (tertiary/aromatic N) is 1. The van der Waals surface area contributed by atoms with Crippen LogP contribution in [-0.4, -0.2) is 17.8 Å². The van der Waals surface area contributed by atoms with E-state index in [1.807, 2.05) is 19.1 Å². The Kier molecular flexibility index (Phi) is 2.45. The van der Waals surface area contributed by atoms with Crippen LogP contribution in [-0.2, 0) is 9.59 Å². The van der Waals surface area contributed by atoms with Crippen LogP contribution in [0.3, 0.4) is 0 Å². The van der Waals surface area contributed by atoms with Crippen LogP contribution in [0.5, 0.6) is 0 Å². The van der Waals surface area contributed by atoms with Gasteiger partial charge in [-0.25, -0.2) is 9.69 Å². The van der Waals surface area contributed by atoms with Gasteiger partial charge in [-0.1, -0.05) is 24.1 Å². The highest BCUT2D eigenvalue weighted by Crippen LogP contribution is 2.45. The van der Waals surface area contributed by atoms with Crippen LogP contribution in [0.1, 0.15) is 24.8 Å². The summed E-state index contributed by atoms with van der Waals surface area (Å²) in [6.07, 6.45) is 1.88. The van der Waals surface area contributed by atoms with Crippen molar-refractivity contribution in [1.29, 1.82) is 0 Å². The zero-order chi connectivity index (χ0) is 13.6. The fraction of sp³-hybridized carbons (Fsp3) is 0.357. The smallest absolute Gasteiger partial charge is 0.276 e. The number of aryl methyl sites for hydroxylation is 1. The monoisotopic (exact) mass is 258 g/mol. The van der Waals surface area contributed by atoms with Gasteiger partial charge < -0.3 is 0 Å². The van der Waals surface area contributed by atoms with Crippen molar-refractivity contribution in [1.82, 2.24) is 5.32 Å². The molecule has 98 valence electrons. The van der Waals surface area contributed by atoms with Gasteiger partial charge in [0.15, 0.2) is 0 Å². The number of hydrogen-bond acceptors (Lipinski definition) is 3. The Balaban J connectivity index is 2.00. The molecule has 1 N–H and O–H groups in total. The Morgan fingerprint density at radius 2 is 1.74 bits per heavy atom. The largest absolute Gasteiger partial charge is 0.335 e. The van der Waals surface area contributed by atoms with E-state index in [0.29, 0.717) is 18.5 Å². The SMILES string of the molecule is Cc1ccc(N2C(=O)NC(=O)C3(CCC3)C2=O)cc1. The highest BCUT2D eigenvalue weighted by atomic mass is 16.2. The van der Waals surface area contributed by atoms with Gasteiger partial charge in [0, 0.05) is 0 Å². The number of rotatable bonds is 1. The van der Waals surface area contributed by atoms with Gasteiger partial charge in [-0.3, -0.25) is 14.9 Å². The van der Waals surface area contributed by atoms with Crippen molar-refractivity contribution in [3.8, 4) is 0 Å². The van der Waals surface area contributed by atoms with E-state index in [4.69, 9.17) is 0 Å². The first-order valence-electron chi connectivity index (χ1n) is 6.31. The molecule has 0 atom stereocenters. The average molecular weight is 258 g/mol. The Morgan fingerprint density at radius 3 is 2.26 bits per heavy atom. The fourth-order valence-corrected chi connectivity index (χ4v) is 2.58. The van der Waals surface area contributed by atoms with E-state index >= 15 is 0 Å². The maximum Gasteiger partial charge on any atom is 0.335 e. The normalized spacial score (nSPS) is 21.3. The first-order valence-corrected chi connectivity index (χ1v) is 6.31. The van der Waals surface area contributed by atoms with Crippen LogP contribution in [0.25, 0.3) is 0 Å². The Bertz CT molecular complexity index is 573. The van der Waals surface area contributed by atoms with E-state index in [2.05, 4.69) is 5.32 Å². The molecule has 1 aliphatic carbocycles. The molecular formula is C14H14N2O3. The van der Waals surface area contributed by atoms with Crippen molar-refractivity contribution in [2.45, 2.75) is 26.2 Å². The molecule has 0 bridgehead atoms. The van der Waals surface area contributed by atoms with E-state index in [0.717, 1.165) is 16.9 Å². The van der Waals surface area contributed by atoms with Crippen molar-refractivity contribution >= 4 is 23.5 Å². The number of carbonyl (C=O) groups excluding carboxylic acids is 3. The van der Waals surface area contributed by atoms with Crippen LogP contribution in [0.4, 0.5) is 10.5 Å². The molecule has 3 rings (SSSR count). The molecule has 2 fully saturated rings. The lowest BCUT2D eigenvalue weighted by molar-refractivity contribution is -0.148. The molecule has 1 aromatic rings. The minimum Gasteiger partial charge on any atom is -0.276 e. The molecule has 4 amide bonds. The Hall–Kier alpha value is -2.17. The number of amides is 4. The van der Waals surface area contributed by atoms with Crippen LogP contribution in [0.15, 0.2) is 24.3 Å². The molecule has 1 spiro atoms. The molecular weight excluding hydrogens is 244 g/mol. The topological polar surface area (TPSA) is 66.5 Å². The third kappa shape index (κ3) is 1.58. The highest BCUT2D eigenvalue weighted by molar-refractivity contribution is 6.30. The zero-order valence-corrected chi connectivity index (χ0v) is 10.6. The molecule has 5 heteroatoms. The summed E-state index contributed by atoms with van der Waals surface area (Å²) in [7, 11) is 0. The van der Waals surface area contributed by atoms with Crippen molar-refractivity contribution < 1.29 is 14.4 Å². The number of anilines is 1. The number of nitrogens with one attached hydrogen (secondary N) is 1. The second-order valence-electron chi connectivity index (χ2n) is 5.17.